The molecule has 4 nitrogen and oxygen atoms in total. The van der Waals surface area contributed by atoms with Gasteiger partial charge in [-0.15, -0.1) is 5.10 Å². The maximum absolute atomic E-state index is 8.90. The van der Waals surface area contributed by atoms with Crippen molar-refractivity contribution in [3.05, 3.63) is 11.9 Å². The highest BCUT2D eigenvalue weighted by Gasteiger charge is 1.98. The van der Waals surface area contributed by atoms with Crippen molar-refractivity contribution in [3.8, 4) is 0 Å². The first-order chi connectivity index (χ1) is 9.86. The van der Waals surface area contributed by atoms with E-state index in [9.17, 15) is 0 Å². The molecule has 4 heteroatoms. The van der Waals surface area contributed by atoms with Crippen LogP contribution in [0.25, 0.3) is 0 Å². The van der Waals surface area contributed by atoms with E-state index >= 15 is 0 Å². The van der Waals surface area contributed by atoms with Gasteiger partial charge in [-0.25, -0.2) is 0 Å². The molecule has 0 radical (unpaired) electrons. The lowest BCUT2D eigenvalue weighted by molar-refractivity contribution is 0.276. The summed E-state index contributed by atoms with van der Waals surface area (Å²) < 4.78 is 1.83. The average Bonchev–Trinajstić information content (AvgIpc) is 2.93. The molecule has 0 saturated carbocycles. The molecule has 116 valence electrons. The molecule has 0 fully saturated rings. The number of rotatable bonds is 13. The SMILES string of the molecule is CCCCCCCCCCCCCn1cc(CO)nn1. The summed E-state index contributed by atoms with van der Waals surface area (Å²) in [5.74, 6) is 0. The molecule has 1 rings (SSSR count). The molecule has 0 aliphatic carbocycles. The van der Waals surface area contributed by atoms with Crippen molar-refractivity contribution in [2.45, 2.75) is 90.7 Å². The summed E-state index contributed by atoms with van der Waals surface area (Å²) in [4.78, 5) is 0. The molecule has 0 saturated heterocycles. The van der Waals surface area contributed by atoms with E-state index in [2.05, 4.69) is 17.2 Å². The van der Waals surface area contributed by atoms with Gasteiger partial charge in [-0.1, -0.05) is 76.3 Å². The van der Waals surface area contributed by atoms with Crippen LogP contribution >= 0.6 is 0 Å². The Hall–Kier alpha value is -0.900. The predicted octanol–water partition coefficient (Wildman–Crippen LogP) is 4.08. The summed E-state index contributed by atoms with van der Waals surface area (Å²) >= 11 is 0. The Morgan fingerprint density at radius 1 is 0.900 bits per heavy atom. The molecule has 0 amide bonds. The van der Waals surface area contributed by atoms with E-state index < -0.39 is 0 Å². The highest BCUT2D eigenvalue weighted by Crippen LogP contribution is 2.11. The summed E-state index contributed by atoms with van der Waals surface area (Å²) in [7, 11) is 0. The largest absolute Gasteiger partial charge is 0.390 e. The van der Waals surface area contributed by atoms with Crippen LogP contribution in [-0.4, -0.2) is 20.1 Å². The van der Waals surface area contributed by atoms with Gasteiger partial charge < -0.3 is 5.11 Å². The first-order valence-electron chi connectivity index (χ1n) is 8.36. The summed E-state index contributed by atoms with van der Waals surface area (Å²) in [6.45, 7) is 3.17. The number of aliphatic hydroxyl groups excluding tert-OH is 1. The molecule has 0 aliphatic heterocycles. The van der Waals surface area contributed by atoms with Crippen LogP contribution in [0.3, 0.4) is 0 Å². The summed E-state index contributed by atoms with van der Waals surface area (Å²) in [5, 5.41) is 16.7. The molecule has 0 aliphatic rings. The van der Waals surface area contributed by atoms with Crippen LogP contribution in [0.5, 0.6) is 0 Å². The number of nitrogens with zero attached hydrogens (tertiary/aromatic N) is 3. The minimum Gasteiger partial charge on any atom is -0.390 e. The van der Waals surface area contributed by atoms with E-state index in [1.807, 2.05) is 10.9 Å². The summed E-state index contributed by atoms with van der Waals surface area (Å²) in [5.41, 5.74) is 0.660. The monoisotopic (exact) mass is 281 g/mol. The van der Waals surface area contributed by atoms with Gasteiger partial charge in [0.15, 0.2) is 0 Å². The van der Waals surface area contributed by atoms with Crippen LogP contribution in [0.1, 0.15) is 83.2 Å². The van der Waals surface area contributed by atoms with Crippen LogP contribution in [0.2, 0.25) is 0 Å². The Morgan fingerprint density at radius 3 is 1.95 bits per heavy atom. The van der Waals surface area contributed by atoms with Gasteiger partial charge in [-0.2, -0.15) is 0 Å². The first-order valence-corrected chi connectivity index (χ1v) is 8.36. The highest BCUT2D eigenvalue weighted by atomic mass is 16.3. The fourth-order valence-electron chi connectivity index (χ4n) is 2.46. The average molecular weight is 281 g/mol. The zero-order valence-corrected chi connectivity index (χ0v) is 13.1. The third kappa shape index (κ3) is 8.31. The van der Waals surface area contributed by atoms with Gasteiger partial charge in [-0.05, 0) is 6.42 Å². The standard InChI is InChI=1S/C16H31N3O/c1-2-3-4-5-6-7-8-9-10-11-12-13-19-14-16(15-20)17-18-19/h14,20H,2-13,15H2,1H3. The van der Waals surface area contributed by atoms with Gasteiger partial charge in [-0.3, -0.25) is 4.68 Å². The van der Waals surface area contributed by atoms with Crippen molar-refractivity contribution < 1.29 is 5.11 Å². The molecule has 0 bridgehead atoms. The molecule has 0 atom stereocenters. The van der Waals surface area contributed by atoms with Crippen LogP contribution < -0.4 is 0 Å². The van der Waals surface area contributed by atoms with Crippen LogP contribution in [0, 0.1) is 0 Å². The summed E-state index contributed by atoms with van der Waals surface area (Å²) in [6.07, 6.45) is 16.8. The van der Waals surface area contributed by atoms with Crippen LogP contribution in [0.15, 0.2) is 6.20 Å². The minimum atomic E-state index is -0.0156. The summed E-state index contributed by atoms with van der Waals surface area (Å²) in [6, 6.07) is 0. The van der Waals surface area contributed by atoms with E-state index in [-0.39, 0.29) is 6.61 Å². The number of unbranched alkanes of at least 4 members (excludes halogenated alkanes) is 10. The number of hydrogen-bond acceptors (Lipinski definition) is 3. The van der Waals surface area contributed by atoms with Crippen LogP contribution in [0.4, 0.5) is 0 Å². The second kappa shape index (κ2) is 11.9. The Balaban J connectivity index is 1.83. The van der Waals surface area contributed by atoms with Gasteiger partial charge in [0.25, 0.3) is 0 Å². The zero-order chi connectivity index (χ0) is 14.5. The number of aliphatic hydroxyl groups is 1. The van der Waals surface area contributed by atoms with Gasteiger partial charge in [0.2, 0.25) is 0 Å². The second-order valence-corrected chi connectivity index (χ2v) is 5.67. The van der Waals surface area contributed by atoms with E-state index in [0.29, 0.717) is 5.69 Å². The van der Waals surface area contributed by atoms with Crippen molar-refractivity contribution in [1.82, 2.24) is 15.0 Å². The zero-order valence-electron chi connectivity index (χ0n) is 13.1. The fourth-order valence-corrected chi connectivity index (χ4v) is 2.46. The van der Waals surface area contributed by atoms with Crippen molar-refractivity contribution in [1.29, 1.82) is 0 Å². The normalized spacial score (nSPS) is 11.1. The van der Waals surface area contributed by atoms with Crippen molar-refractivity contribution >= 4 is 0 Å². The van der Waals surface area contributed by atoms with Crippen molar-refractivity contribution in [2.75, 3.05) is 0 Å². The van der Waals surface area contributed by atoms with E-state index in [4.69, 9.17) is 5.11 Å². The molecule has 0 unspecified atom stereocenters. The number of aromatic nitrogens is 3. The fraction of sp³-hybridized carbons (Fsp3) is 0.875. The molecule has 1 aromatic rings. The lowest BCUT2D eigenvalue weighted by Crippen LogP contribution is -1.98. The third-order valence-electron chi connectivity index (χ3n) is 3.74. The number of hydrogen-bond donors (Lipinski definition) is 1. The van der Waals surface area contributed by atoms with E-state index in [1.165, 1.54) is 64.2 Å². The third-order valence-corrected chi connectivity index (χ3v) is 3.74. The van der Waals surface area contributed by atoms with Crippen LogP contribution in [-0.2, 0) is 13.2 Å². The van der Waals surface area contributed by atoms with Gasteiger partial charge in [0.1, 0.15) is 5.69 Å². The van der Waals surface area contributed by atoms with Gasteiger partial charge >= 0.3 is 0 Å². The lowest BCUT2D eigenvalue weighted by atomic mass is 10.1. The highest BCUT2D eigenvalue weighted by molar-refractivity contribution is 4.88. The van der Waals surface area contributed by atoms with Gasteiger partial charge in [0.05, 0.1) is 12.8 Å². The van der Waals surface area contributed by atoms with E-state index in [1.54, 1.807) is 0 Å². The van der Waals surface area contributed by atoms with Crippen molar-refractivity contribution in [2.24, 2.45) is 0 Å². The maximum Gasteiger partial charge on any atom is 0.108 e. The molecule has 1 N–H and O–H groups in total. The maximum atomic E-state index is 8.90. The second-order valence-electron chi connectivity index (χ2n) is 5.67. The lowest BCUT2D eigenvalue weighted by Gasteiger charge is -2.02. The van der Waals surface area contributed by atoms with E-state index in [0.717, 1.165) is 13.0 Å². The Morgan fingerprint density at radius 2 is 1.45 bits per heavy atom. The quantitative estimate of drug-likeness (QED) is 0.554. The first kappa shape index (κ1) is 17.2. The molecule has 0 aromatic carbocycles. The smallest absolute Gasteiger partial charge is 0.108 e. The molecule has 1 heterocycles. The van der Waals surface area contributed by atoms with Gasteiger partial charge in [0, 0.05) is 6.54 Å². The molecule has 20 heavy (non-hydrogen) atoms. The Bertz CT molecular complexity index is 325. The Kier molecular flexibility index (Phi) is 10.2. The molecular formula is C16H31N3O. The topological polar surface area (TPSA) is 50.9 Å². The number of aryl methyl sites for hydroxylation is 1. The molecule has 0 spiro atoms. The predicted molar refractivity (Wildman–Crippen MR) is 82.4 cm³/mol. The van der Waals surface area contributed by atoms with Crippen molar-refractivity contribution in [3.63, 3.8) is 0 Å². The molecule has 1 aromatic heterocycles. The molecular weight excluding hydrogens is 250 g/mol. The minimum absolute atomic E-state index is 0.0156. The Labute approximate surface area is 123 Å².